The largest absolute Gasteiger partial charge is 0.394 e. The van der Waals surface area contributed by atoms with E-state index in [1.54, 1.807) is 4.90 Å². The van der Waals surface area contributed by atoms with Crippen LogP contribution >= 0.6 is 0 Å². The van der Waals surface area contributed by atoms with Crippen molar-refractivity contribution in [2.45, 2.75) is 6.10 Å². The number of carbonyl (C=O) groups excluding carboxylic acids is 1. The van der Waals surface area contributed by atoms with Gasteiger partial charge in [0.25, 0.3) is 5.91 Å². The van der Waals surface area contributed by atoms with Gasteiger partial charge in [-0.05, 0) is 12.1 Å². The molecule has 2 aliphatic heterocycles. The normalized spacial score (nSPS) is 21.6. The fourth-order valence-corrected chi connectivity index (χ4v) is 2.64. The molecule has 2 heterocycles. The smallest absolute Gasteiger partial charge is 0.256 e. The van der Waals surface area contributed by atoms with E-state index in [0.717, 1.165) is 24.5 Å². The molecule has 0 radical (unpaired) electrons. The first-order chi connectivity index (χ1) is 9.79. The summed E-state index contributed by atoms with van der Waals surface area (Å²) in [5.41, 5.74) is 2.51. The number of para-hydroxylation sites is 1. The quantitative estimate of drug-likeness (QED) is 0.728. The van der Waals surface area contributed by atoms with E-state index in [1.807, 2.05) is 18.2 Å². The van der Waals surface area contributed by atoms with Crippen molar-refractivity contribution >= 4 is 17.3 Å². The lowest BCUT2D eigenvalue weighted by atomic mass is 10.1. The average Bonchev–Trinajstić information content (AvgIpc) is 2.53. The predicted molar refractivity (Wildman–Crippen MR) is 76.2 cm³/mol. The van der Waals surface area contributed by atoms with Gasteiger partial charge in [-0.1, -0.05) is 6.07 Å². The standard InChI is InChI=1S/C14H19N3O3/c18-9-10-8-17(6-7-20-10)14(19)11-2-1-3-12-13(11)16-5-4-15-12/h1-3,10,15-16,18H,4-9H2. The number of nitrogens with zero attached hydrogens (tertiary/aromatic N) is 1. The molecule has 20 heavy (non-hydrogen) atoms. The molecule has 3 rings (SSSR count). The fraction of sp³-hybridized carbons (Fsp3) is 0.500. The third-order valence-corrected chi connectivity index (χ3v) is 3.67. The SMILES string of the molecule is O=C(c1cccc2c1NCCN2)N1CCOC(CO)C1. The summed E-state index contributed by atoms with van der Waals surface area (Å²) in [6.45, 7) is 3.07. The Hall–Kier alpha value is -1.79. The molecular weight excluding hydrogens is 258 g/mol. The number of ether oxygens (including phenoxy) is 1. The number of amides is 1. The van der Waals surface area contributed by atoms with Gasteiger partial charge in [0.1, 0.15) is 0 Å². The van der Waals surface area contributed by atoms with Gasteiger partial charge in [-0.25, -0.2) is 0 Å². The van der Waals surface area contributed by atoms with E-state index in [9.17, 15) is 4.79 Å². The first kappa shape index (κ1) is 13.2. The third kappa shape index (κ3) is 2.44. The molecular formula is C14H19N3O3. The zero-order valence-electron chi connectivity index (χ0n) is 11.3. The lowest BCUT2D eigenvalue weighted by Gasteiger charge is -2.33. The number of fused-ring (bicyclic) bond motifs is 1. The van der Waals surface area contributed by atoms with Crippen molar-refractivity contribution in [2.75, 3.05) is 50.0 Å². The van der Waals surface area contributed by atoms with Crippen molar-refractivity contribution in [3.63, 3.8) is 0 Å². The van der Waals surface area contributed by atoms with Crippen molar-refractivity contribution in [1.29, 1.82) is 0 Å². The molecule has 1 unspecified atom stereocenters. The van der Waals surface area contributed by atoms with E-state index in [-0.39, 0.29) is 18.6 Å². The molecule has 6 heteroatoms. The van der Waals surface area contributed by atoms with Crippen molar-refractivity contribution in [2.24, 2.45) is 0 Å². The van der Waals surface area contributed by atoms with Crippen LogP contribution in [0.25, 0.3) is 0 Å². The zero-order valence-corrected chi connectivity index (χ0v) is 11.3. The van der Waals surface area contributed by atoms with Crippen LogP contribution in [0.3, 0.4) is 0 Å². The van der Waals surface area contributed by atoms with Crippen LogP contribution in [0.15, 0.2) is 18.2 Å². The van der Waals surface area contributed by atoms with Crippen LogP contribution in [0.2, 0.25) is 0 Å². The first-order valence-electron chi connectivity index (χ1n) is 6.92. The number of nitrogens with one attached hydrogen (secondary N) is 2. The highest BCUT2D eigenvalue weighted by molar-refractivity contribution is 6.02. The summed E-state index contributed by atoms with van der Waals surface area (Å²) in [6, 6.07) is 5.69. The van der Waals surface area contributed by atoms with Gasteiger partial charge in [-0.2, -0.15) is 0 Å². The van der Waals surface area contributed by atoms with Crippen LogP contribution < -0.4 is 10.6 Å². The van der Waals surface area contributed by atoms with Gasteiger partial charge in [0.2, 0.25) is 0 Å². The van der Waals surface area contributed by atoms with Gasteiger partial charge in [0.15, 0.2) is 0 Å². The zero-order chi connectivity index (χ0) is 13.9. The van der Waals surface area contributed by atoms with Gasteiger partial charge in [0, 0.05) is 26.2 Å². The molecule has 0 spiro atoms. The molecule has 1 amide bonds. The maximum atomic E-state index is 12.7. The number of carbonyl (C=O) groups is 1. The number of aliphatic hydroxyl groups excluding tert-OH is 1. The minimum Gasteiger partial charge on any atom is -0.394 e. The van der Waals surface area contributed by atoms with Gasteiger partial charge >= 0.3 is 0 Å². The minimum absolute atomic E-state index is 0.0141. The van der Waals surface area contributed by atoms with Crippen molar-refractivity contribution < 1.29 is 14.6 Å². The highest BCUT2D eigenvalue weighted by atomic mass is 16.5. The maximum absolute atomic E-state index is 12.7. The van der Waals surface area contributed by atoms with E-state index in [2.05, 4.69) is 10.6 Å². The van der Waals surface area contributed by atoms with E-state index >= 15 is 0 Å². The minimum atomic E-state index is -0.279. The molecule has 1 saturated heterocycles. The Bertz CT molecular complexity index is 506. The summed E-state index contributed by atoms with van der Waals surface area (Å²) in [7, 11) is 0. The van der Waals surface area contributed by atoms with Crippen LogP contribution in [-0.4, -0.2) is 61.4 Å². The molecule has 0 aliphatic carbocycles. The molecule has 0 saturated carbocycles. The Kier molecular flexibility index (Phi) is 3.75. The van der Waals surface area contributed by atoms with E-state index < -0.39 is 0 Å². The predicted octanol–water partition coefficient (Wildman–Crippen LogP) is 0.357. The van der Waals surface area contributed by atoms with E-state index in [0.29, 0.717) is 25.3 Å². The molecule has 1 aromatic rings. The van der Waals surface area contributed by atoms with Crippen molar-refractivity contribution in [3.05, 3.63) is 23.8 Å². The second kappa shape index (κ2) is 5.68. The van der Waals surface area contributed by atoms with Crippen LogP contribution in [0.5, 0.6) is 0 Å². The number of hydrogen-bond donors (Lipinski definition) is 3. The van der Waals surface area contributed by atoms with Crippen LogP contribution in [0.4, 0.5) is 11.4 Å². The lowest BCUT2D eigenvalue weighted by molar-refractivity contribution is -0.0447. The van der Waals surface area contributed by atoms with Gasteiger partial charge in [-0.3, -0.25) is 4.79 Å². The molecule has 1 atom stereocenters. The Morgan fingerprint density at radius 3 is 3.10 bits per heavy atom. The Morgan fingerprint density at radius 1 is 1.40 bits per heavy atom. The fourth-order valence-electron chi connectivity index (χ4n) is 2.64. The summed E-state index contributed by atoms with van der Waals surface area (Å²) >= 11 is 0. The van der Waals surface area contributed by atoms with Gasteiger partial charge in [0.05, 0.1) is 36.3 Å². The molecule has 1 aromatic carbocycles. The molecule has 2 aliphatic rings. The van der Waals surface area contributed by atoms with Crippen LogP contribution in [-0.2, 0) is 4.74 Å². The second-order valence-electron chi connectivity index (χ2n) is 5.01. The number of anilines is 2. The number of aliphatic hydroxyl groups is 1. The van der Waals surface area contributed by atoms with Crippen LogP contribution in [0, 0.1) is 0 Å². The number of hydrogen-bond acceptors (Lipinski definition) is 5. The Balaban J connectivity index is 1.83. The Labute approximate surface area is 117 Å². The maximum Gasteiger partial charge on any atom is 0.256 e. The summed E-state index contributed by atoms with van der Waals surface area (Å²) in [4.78, 5) is 14.4. The lowest BCUT2D eigenvalue weighted by Crippen LogP contribution is -2.47. The number of rotatable bonds is 2. The summed E-state index contributed by atoms with van der Waals surface area (Å²) in [6.07, 6.45) is -0.279. The summed E-state index contributed by atoms with van der Waals surface area (Å²) in [5.74, 6) is -0.0141. The molecule has 6 nitrogen and oxygen atoms in total. The highest BCUT2D eigenvalue weighted by Gasteiger charge is 2.27. The molecule has 3 N–H and O–H groups in total. The molecule has 1 fully saturated rings. The van der Waals surface area contributed by atoms with Crippen molar-refractivity contribution in [3.8, 4) is 0 Å². The Morgan fingerprint density at radius 2 is 2.25 bits per heavy atom. The number of benzene rings is 1. The summed E-state index contributed by atoms with van der Waals surface area (Å²) < 4.78 is 5.38. The van der Waals surface area contributed by atoms with Crippen molar-refractivity contribution in [1.82, 2.24) is 4.90 Å². The molecule has 0 bridgehead atoms. The monoisotopic (exact) mass is 277 g/mol. The highest BCUT2D eigenvalue weighted by Crippen LogP contribution is 2.29. The van der Waals surface area contributed by atoms with Gasteiger partial charge < -0.3 is 25.4 Å². The molecule has 108 valence electrons. The second-order valence-corrected chi connectivity index (χ2v) is 5.01. The number of morpholine rings is 1. The third-order valence-electron chi connectivity index (χ3n) is 3.67. The van der Waals surface area contributed by atoms with E-state index in [4.69, 9.17) is 9.84 Å². The average molecular weight is 277 g/mol. The first-order valence-corrected chi connectivity index (χ1v) is 6.92. The van der Waals surface area contributed by atoms with Gasteiger partial charge in [-0.15, -0.1) is 0 Å². The van der Waals surface area contributed by atoms with E-state index in [1.165, 1.54) is 0 Å². The summed E-state index contributed by atoms with van der Waals surface area (Å²) in [5, 5.41) is 15.7. The van der Waals surface area contributed by atoms with Crippen LogP contribution in [0.1, 0.15) is 10.4 Å². The molecule has 0 aromatic heterocycles. The topological polar surface area (TPSA) is 73.8 Å².